The molecule has 0 heterocycles. The van der Waals surface area contributed by atoms with Crippen molar-refractivity contribution < 1.29 is 13.2 Å². The molecule has 0 aliphatic rings. The van der Waals surface area contributed by atoms with Crippen molar-refractivity contribution in [3.05, 3.63) is 25.3 Å². The Morgan fingerprint density at radius 1 is 0.958 bits per heavy atom. The lowest BCUT2D eigenvalue weighted by molar-refractivity contribution is 0.388. The quantitative estimate of drug-likeness (QED) is 0.356. The number of halogens is 9. The van der Waals surface area contributed by atoms with E-state index in [0.29, 0.717) is 6.33 Å². The van der Waals surface area contributed by atoms with Crippen LogP contribution < -0.4 is 0 Å². The Hall–Kier alpha value is 1.01. The first kappa shape index (κ1) is 36.0. The van der Waals surface area contributed by atoms with Crippen molar-refractivity contribution >= 4 is 70.4 Å². The zero-order valence-corrected chi connectivity index (χ0v) is 19.3. The smallest absolute Gasteiger partial charge is 0.175 e. The van der Waals surface area contributed by atoms with Gasteiger partial charge in [0, 0.05) is 11.3 Å². The molecule has 0 rings (SSSR count). The first-order valence-electron chi connectivity index (χ1n) is 6.42. The highest BCUT2D eigenvalue weighted by molar-refractivity contribution is 6.47. The summed E-state index contributed by atoms with van der Waals surface area (Å²) in [6.45, 7) is 13.0. The Balaban J connectivity index is -0.0000000694. The summed E-state index contributed by atoms with van der Waals surface area (Å²) < 4.78 is 32.6. The average Bonchev–Trinajstić information content (AvgIpc) is 2.09. The fourth-order valence-electron chi connectivity index (χ4n) is 0.517. The predicted octanol–water partition coefficient (Wildman–Crippen LogP) is 9.14. The summed E-state index contributed by atoms with van der Waals surface area (Å²) in [4.78, 5) is -1.05. The molecule has 0 aliphatic heterocycles. The van der Waals surface area contributed by atoms with E-state index in [-0.39, 0.29) is 25.2 Å². The van der Waals surface area contributed by atoms with Crippen molar-refractivity contribution in [1.82, 2.24) is 0 Å². The van der Waals surface area contributed by atoms with E-state index < -0.39 is 19.7 Å². The van der Waals surface area contributed by atoms with Crippen LogP contribution in [0.15, 0.2) is 25.3 Å². The van der Waals surface area contributed by atoms with Gasteiger partial charge < -0.3 is 0 Å². The van der Waals surface area contributed by atoms with E-state index >= 15 is 0 Å². The van der Waals surface area contributed by atoms with Crippen LogP contribution in [0, 0.1) is 0 Å². The van der Waals surface area contributed by atoms with E-state index in [2.05, 4.69) is 6.58 Å². The zero-order valence-electron chi connectivity index (χ0n) is 14.7. The van der Waals surface area contributed by atoms with Gasteiger partial charge in [0.15, 0.2) is 5.63 Å². The maximum atomic E-state index is 11.9. The third kappa shape index (κ3) is 111. The number of allylic oxidation sites excluding steroid dienone is 1. The number of alkyl halides is 6. The molecule has 1 unspecified atom stereocenters. The van der Waals surface area contributed by atoms with Crippen LogP contribution in [0.4, 0.5) is 13.2 Å². The maximum Gasteiger partial charge on any atom is 0.175 e. The molecule has 150 valence electrons. The monoisotopic (exact) mass is 474 g/mol. The summed E-state index contributed by atoms with van der Waals surface area (Å²) in [5, 5.41) is 0. The highest BCUT2D eigenvalue weighted by atomic mass is 35.5. The molecular formula is C15H27Cl6F3. The van der Waals surface area contributed by atoms with Gasteiger partial charge in [0.05, 0.1) is 17.5 Å². The van der Waals surface area contributed by atoms with E-state index in [4.69, 9.17) is 58.0 Å². The van der Waals surface area contributed by atoms with Gasteiger partial charge in [-0.1, -0.05) is 18.2 Å². The Bertz CT molecular complexity index is 283. The topological polar surface area (TPSA) is 0 Å². The summed E-state index contributed by atoms with van der Waals surface area (Å²) in [6, 6.07) is 0. The second-order valence-corrected chi connectivity index (χ2v) is 10.2. The molecule has 0 aromatic rings. The van der Waals surface area contributed by atoms with Gasteiger partial charge in [-0.15, -0.1) is 58.8 Å². The van der Waals surface area contributed by atoms with Gasteiger partial charge in [-0.3, -0.25) is 0 Å². The molecule has 0 amide bonds. The van der Waals surface area contributed by atoms with Gasteiger partial charge in [-0.25, -0.2) is 13.2 Å². The Morgan fingerprint density at radius 3 is 1.21 bits per heavy atom. The molecule has 0 saturated carbocycles. The van der Waals surface area contributed by atoms with Crippen molar-refractivity contribution in [2.45, 2.75) is 67.7 Å². The molecule has 0 spiro atoms. The van der Waals surface area contributed by atoms with Crippen molar-refractivity contribution in [2.75, 3.05) is 0 Å². The van der Waals surface area contributed by atoms with Crippen LogP contribution in [0.3, 0.4) is 0 Å². The molecule has 0 saturated heterocycles. The minimum Gasteiger partial charge on any atom is -0.230 e. The Labute approximate surface area is 176 Å². The predicted molar refractivity (Wildman–Crippen MR) is 110 cm³/mol. The third-order valence-corrected chi connectivity index (χ3v) is 1.53. The van der Waals surface area contributed by atoms with E-state index in [1.54, 1.807) is 41.5 Å². The summed E-state index contributed by atoms with van der Waals surface area (Å²) in [7, 11) is 0. The highest BCUT2D eigenvalue weighted by Crippen LogP contribution is 2.22. The summed E-state index contributed by atoms with van der Waals surface area (Å²) in [5.74, 6) is 0. The van der Waals surface area contributed by atoms with E-state index in [9.17, 15) is 13.2 Å². The van der Waals surface area contributed by atoms with E-state index in [0.717, 1.165) is 0 Å². The molecule has 9 heteroatoms. The zero-order chi connectivity index (χ0) is 19.9. The lowest BCUT2D eigenvalue weighted by atomic mass is 10.1. The maximum absolute atomic E-state index is 11.9. The molecule has 0 N–H and O–H groups in total. The van der Waals surface area contributed by atoms with Crippen LogP contribution in [0.1, 0.15) is 48.0 Å². The van der Waals surface area contributed by atoms with E-state index in [1.165, 1.54) is 6.08 Å². The number of hydrogen-bond acceptors (Lipinski definition) is 0. The molecule has 0 fully saturated rings. The van der Waals surface area contributed by atoms with Gasteiger partial charge in [0.25, 0.3) is 0 Å². The number of hydrogen-bond donors (Lipinski definition) is 0. The molecule has 0 aromatic heterocycles. The first-order chi connectivity index (χ1) is 9.89. The van der Waals surface area contributed by atoms with Gasteiger partial charge in [0.1, 0.15) is 4.33 Å². The van der Waals surface area contributed by atoms with Crippen molar-refractivity contribution in [1.29, 1.82) is 0 Å². The summed E-state index contributed by atoms with van der Waals surface area (Å²) in [5.41, 5.74) is -1.32. The van der Waals surface area contributed by atoms with Crippen LogP contribution in [0.25, 0.3) is 0 Å². The average molecular weight is 477 g/mol. The minimum absolute atomic E-state index is 0. The molecule has 1 atom stereocenters. The fraction of sp³-hybridized carbons (Fsp3) is 0.733. The Morgan fingerprint density at radius 2 is 1.21 bits per heavy atom. The SMILES string of the molecule is C=CF.CC(C)(Cl)/C=C/F.CC(C)(Cl)CC(F)Cl.CC(C)(Cl)Cl.Cl. The van der Waals surface area contributed by atoms with Crippen LogP contribution in [0.5, 0.6) is 0 Å². The normalized spacial score (nSPS) is 12.2. The van der Waals surface area contributed by atoms with Crippen molar-refractivity contribution in [3.63, 3.8) is 0 Å². The van der Waals surface area contributed by atoms with Gasteiger partial charge >= 0.3 is 0 Å². The highest BCUT2D eigenvalue weighted by Gasteiger charge is 2.17. The molecule has 0 radical (unpaired) electrons. The fourth-order valence-corrected chi connectivity index (χ4v) is 1.16. The van der Waals surface area contributed by atoms with Gasteiger partial charge in [-0.05, 0) is 47.6 Å². The third-order valence-electron chi connectivity index (χ3n) is 1.10. The van der Waals surface area contributed by atoms with E-state index in [1.807, 2.05) is 0 Å². The number of rotatable bonds is 3. The second-order valence-electron chi connectivity index (χ2n) is 5.65. The molecule has 0 aromatic carbocycles. The van der Waals surface area contributed by atoms with Crippen molar-refractivity contribution in [3.8, 4) is 0 Å². The minimum atomic E-state index is -1.32. The molecule has 24 heavy (non-hydrogen) atoms. The van der Waals surface area contributed by atoms with Crippen LogP contribution in [-0.2, 0) is 0 Å². The lowest BCUT2D eigenvalue weighted by Crippen LogP contribution is -2.13. The molecular weight excluding hydrogens is 450 g/mol. The van der Waals surface area contributed by atoms with Gasteiger partial charge in [-0.2, -0.15) is 0 Å². The van der Waals surface area contributed by atoms with Crippen LogP contribution >= 0.6 is 70.4 Å². The Kier molecular flexibility index (Phi) is 28.2. The summed E-state index contributed by atoms with van der Waals surface area (Å²) >= 11 is 26.7. The molecule has 0 nitrogen and oxygen atoms in total. The molecule has 0 bridgehead atoms. The first-order valence-corrected chi connectivity index (χ1v) is 8.37. The summed E-state index contributed by atoms with van der Waals surface area (Å²) in [6.07, 6.45) is 2.18. The molecule has 0 aliphatic carbocycles. The second kappa shape index (κ2) is 18.8. The standard InChI is InChI=1S/C5H9Cl2F.C5H8ClF.C3H6Cl2.C2H3F.ClH/c1-5(2,7)3-4(6)8;1-5(2,6)3-4-7;1-3(2,4)5;1-2-3;/h4H,3H2,1-2H3;3-4H,1-2H3;1-2H3;2H,1H2;1H/b;4-3+;;;. The lowest BCUT2D eigenvalue weighted by Gasteiger charge is -2.13. The largest absolute Gasteiger partial charge is 0.230 e. The van der Waals surface area contributed by atoms with Crippen LogP contribution in [0.2, 0.25) is 0 Å². The van der Waals surface area contributed by atoms with Crippen LogP contribution in [-0.4, -0.2) is 19.7 Å². The van der Waals surface area contributed by atoms with Gasteiger partial charge in [0.2, 0.25) is 0 Å². The van der Waals surface area contributed by atoms with Crippen molar-refractivity contribution in [2.24, 2.45) is 0 Å².